The van der Waals surface area contributed by atoms with Crippen LogP contribution in [0.1, 0.15) is 38.5 Å². The van der Waals surface area contributed by atoms with Crippen LogP contribution < -0.4 is 0 Å². The minimum absolute atomic E-state index is 0.302. The zero-order chi connectivity index (χ0) is 11.1. The summed E-state index contributed by atoms with van der Waals surface area (Å²) in [5.41, 5.74) is 0. The van der Waals surface area contributed by atoms with Gasteiger partial charge >= 0.3 is 0 Å². The maximum Gasteiger partial charge on any atom is 0.0431 e. The summed E-state index contributed by atoms with van der Waals surface area (Å²) in [5, 5.41) is 16.5. The van der Waals surface area contributed by atoms with E-state index in [9.17, 15) is 0 Å². The fourth-order valence-electron chi connectivity index (χ4n) is 0.766. The first-order valence-corrected chi connectivity index (χ1v) is 6.24. The topological polar surface area (TPSA) is 40.5 Å². The van der Waals surface area contributed by atoms with Gasteiger partial charge in [-0.3, -0.25) is 0 Å². The summed E-state index contributed by atoms with van der Waals surface area (Å²) >= 11 is 10.7. The molecule has 0 aliphatic rings. The summed E-state index contributed by atoms with van der Waals surface area (Å²) in [5.74, 6) is 1.44. The van der Waals surface area contributed by atoms with Gasteiger partial charge in [-0.25, -0.2) is 0 Å². The molecule has 0 radical (unpaired) electrons. The highest BCUT2D eigenvalue weighted by molar-refractivity contribution is 6.18. The van der Waals surface area contributed by atoms with E-state index in [1.165, 1.54) is 0 Å². The maximum atomic E-state index is 8.25. The lowest BCUT2D eigenvalue weighted by Gasteiger charge is -1.89. The van der Waals surface area contributed by atoms with Crippen molar-refractivity contribution in [3.63, 3.8) is 0 Å². The molecule has 0 aromatic heterocycles. The molecule has 0 fully saturated rings. The van der Waals surface area contributed by atoms with Crippen molar-refractivity contribution in [3.05, 3.63) is 0 Å². The summed E-state index contributed by atoms with van der Waals surface area (Å²) in [6.07, 6.45) is 5.96. The average Bonchev–Trinajstić information content (AvgIpc) is 2.21. The van der Waals surface area contributed by atoms with Crippen molar-refractivity contribution in [2.75, 3.05) is 25.0 Å². The van der Waals surface area contributed by atoms with Crippen LogP contribution in [0.15, 0.2) is 0 Å². The molecular formula is C10H22Cl2O2. The Balaban J connectivity index is 0. The molecule has 2 nitrogen and oxygen atoms in total. The van der Waals surface area contributed by atoms with Gasteiger partial charge in [-0.05, 0) is 38.5 Å². The molecule has 0 aliphatic carbocycles. The summed E-state index contributed by atoms with van der Waals surface area (Å²) in [4.78, 5) is 0. The number of halogens is 2. The van der Waals surface area contributed by atoms with Gasteiger partial charge in [-0.15, -0.1) is 23.2 Å². The molecule has 2 N–H and O–H groups in total. The Hall–Kier alpha value is 0.500. The Morgan fingerprint density at radius 1 is 0.571 bits per heavy atom. The van der Waals surface area contributed by atoms with Crippen molar-refractivity contribution in [3.8, 4) is 0 Å². The van der Waals surface area contributed by atoms with Gasteiger partial charge in [0.15, 0.2) is 0 Å². The van der Waals surface area contributed by atoms with Crippen molar-refractivity contribution in [1.29, 1.82) is 0 Å². The average molecular weight is 245 g/mol. The second-order valence-electron chi connectivity index (χ2n) is 2.95. The molecular weight excluding hydrogens is 223 g/mol. The Kier molecular flexibility index (Phi) is 23.1. The Bertz CT molecular complexity index is 64.5. The van der Waals surface area contributed by atoms with Crippen LogP contribution in [0.5, 0.6) is 0 Å². The predicted octanol–water partition coefficient (Wildman–Crippen LogP) is 2.78. The van der Waals surface area contributed by atoms with E-state index in [0.29, 0.717) is 13.2 Å². The van der Waals surface area contributed by atoms with Crippen LogP contribution in [-0.2, 0) is 0 Å². The van der Waals surface area contributed by atoms with E-state index >= 15 is 0 Å². The largest absolute Gasteiger partial charge is 0.396 e. The van der Waals surface area contributed by atoms with Gasteiger partial charge in [-0.2, -0.15) is 0 Å². The molecule has 0 spiro atoms. The van der Waals surface area contributed by atoms with E-state index in [1.54, 1.807) is 0 Å². The Morgan fingerprint density at radius 2 is 0.929 bits per heavy atom. The van der Waals surface area contributed by atoms with Gasteiger partial charge in [0.1, 0.15) is 0 Å². The summed E-state index contributed by atoms with van der Waals surface area (Å²) in [6.45, 7) is 0.605. The third kappa shape index (κ3) is 22.9. The number of hydrogen-bond acceptors (Lipinski definition) is 2. The third-order valence-electron chi connectivity index (χ3n) is 1.58. The molecule has 0 aliphatic heterocycles. The normalized spacial score (nSPS) is 9.43. The first-order chi connectivity index (χ1) is 6.83. The number of unbranched alkanes of at least 4 members (excludes halogenated alkanes) is 4. The van der Waals surface area contributed by atoms with Crippen molar-refractivity contribution in [2.24, 2.45) is 0 Å². The summed E-state index contributed by atoms with van der Waals surface area (Å²) < 4.78 is 0. The number of aliphatic hydroxyl groups excluding tert-OH is 2. The lowest BCUT2D eigenvalue weighted by molar-refractivity contribution is 0.284. The van der Waals surface area contributed by atoms with Gasteiger partial charge in [-0.1, -0.05) is 0 Å². The Morgan fingerprint density at radius 3 is 1.14 bits per heavy atom. The van der Waals surface area contributed by atoms with Crippen LogP contribution in [0, 0.1) is 0 Å². The zero-order valence-electron chi connectivity index (χ0n) is 8.72. The van der Waals surface area contributed by atoms with Gasteiger partial charge < -0.3 is 10.2 Å². The molecule has 0 atom stereocenters. The fraction of sp³-hybridized carbons (Fsp3) is 1.00. The van der Waals surface area contributed by atoms with Crippen molar-refractivity contribution in [1.82, 2.24) is 0 Å². The molecule has 0 saturated heterocycles. The van der Waals surface area contributed by atoms with E-state index < -0.39 is 0 Å². The van der Waals surface area contributed by atoms with E-state index in [0.717, 1.165) is 50.3 Å². The molecule has 0 amide bonds. The van der Waals surface area contributed by atoms with Crippen LogP contribution >= 0.6 is 23.2 Å². The lowest BCUT2D eigenvalue weighted by atomic mass is 10.3. The van der Waals surface area contributed by atoms with E-state index in [-0.39, 0.29) is 0 Å². The predicted molar refractivity (Wildman–Crippen MR) is 63.3 cm³/mol. The minimum Gasteiger partial charge on any atom is -0.396 e. The van der Waals surface area contributed by atoms with Gasteiger partial charge in [0.05, 0.1) is 0 Å². The first kappa shape index (κ1) is 16.9. The van der Waals surface area contributed by atoms with Crippen molar-refractivity contribution in [2.45, 2.75) is 38.5 Å². The van der Waals surface area contributed by atoms with Gasteiger partial charge in [0.2, 0.25) is 0 Å². The van der Waals surface area contributed by atoms with Crippen molar-refractivity contribution < 1.29 is 10.2 Å². The third-order valence-corrected chi connectivity index (χ3v) is 2.12. The molecule has 0 bridgehead atoms. The highest BCUT2D eigenvalue weighted by Crippen LogP contribution is 1.95. The van der Waals surface area contributed by atoms with Gasteiger partial charge in [0.25, 0.3) is 0 Å². The van der Waals surface area contributed by atoms with Crippen LogP contribution in [0.4, 0.5) is 0 Å². The quantitative estimate of drug-likeness (QED) is 0.510. The van der Waals surface area contributed by atoms with Crippen LogP contribution in [0.3, 0.4) is 0 Å². The molecule has 14 heavy (non-hydrogen) atoms. The molecule has 0 unspecified atom stereocenters. The number of alkyl halides is 2. The first-order valence-electron chi connectivity index (χ1n) is 5.17. The molecule has 0 heterocycles. The molecule has 0 saturated carbocycles. The second-order valence-corrected chi connectivity index (χ2v) is 3.70. The van der Waals surface area contributed by atoms with E-state index in [4.69, 9.17) is 33.4 Å². The second kappa shape index (κ2) is 19.1. The summed E-state index contributed by atoms with van der Waals surface area (Å²) in [6, 6.07) is 0. The highest BCUT2D eigenvalue weighted by Gasteiger charge is 1.82. The number of hydrogen-bond donors (Lipinski definition) is 2. The van der Waals surface area contributed by atoms with Crippen LogP contribution in [0.2, 0.25) is 0 Å². The number of aliphatic hydroxyl groups is 2. The zero-order valence-corrected chi connectivity index (χ0v) is 10.2. The highest BCUT2D eigenvalue weighted by atomic mass is 35.5. The fourth-order valence-corrected chi connectivity index (χ4v) is 1.14. The molecule has 0 rings (SSSR count). The smallest absolute Gasteiger partial charge is 0.0431 e. The molecule has 0 aromatic carbocycles. The lowest BCUT2D eigenvalue weighted by Crippen LogP contribution is -1.82. The SMILES string of the molecule is OCCCCCCl.OCCCCCCl. The monoisotopic (exact) mass is 244 g/mol. The van der Waals surface area contributed by atoms with E-state index in [1.807, 2.05) is 0 Å². The number of rotatable bonds is 8. The van der Waals surface area contributed by atoms with E-state index in [2.05, 4.69) is 0 Å². The molecule has 88 valence electrons. The standard InChI is InChI=1S/2C5H11ClO/c2*6-4-2-1-3-5-7/h2*7H,1-5H2. The molecule has 4 heteroatoms. The summed E-state index contributed by atoms with van der Waals surface area (Å²) in [7, 11) is 0. The van der Waals surface area contributed by atoms with Crippen LogP contribution in [-0.4, -0.2) is 35.2 Å². The van der Waals surface area contributed by atoms with Gasteiger partial charge in [0, 0.05) is 25.0 Å². The van der Waals surface area contributed by atoms with Crippen LogP contribution in [0.25, 0.3) is 0 Å². The Labute approximate surface area is 97.2 Å². The molecule has 0 aromatic rings. The minimum atomic E-state index is 0.302. The van der Waals surface area contributed by atoms with Crippen molar-refractivity contribution >= 4 is 23.2 Å². The maximum absolute atomic E-state index is 8.25.